The number of nitrogens with two attached hydrogens (primary N) is 1. The standard InChI is InChI=1S/C23H32F2N2OSi/c1-22(2,3)29(19-10-6-4-7-11-19,20-12-8-5-9-13-20)28-16-18-14-23(26,21(24)25)17-27-15-18/h4-13,18,21,27H,14-17,26H2,1-3H3. The molecule has 1 fully saturated rings. The zero-order chi connectivity index (χ0) is 21.1. The summed E-state index contributed by atoms with van der Waals surface area (Å²) in [5.74, 6) is -0.0515. The molecule has 3 rings (SSSR count). The zero-order valence-electron chi connectivity index (χ0n) is 17.5. The molecule has 2 atom stereocenters. The van der Waals surface area contributed by atoms with E-state index in [0.717, 1.165) is 0 Å². The SMILES string of the molecule is CC(C)(C)[Si](OCC1CNCC(N)(C(F)F)C1)(c1ccccc1)c1ccccc1. The van der Waals surface area contributed by atoms with E-state index in [-0.39, 0.29) is 23.9 Å². The van der Waals surface area contributed by atoms with Crippen LogP contribution in [-0.2, 0) is 4.43 Å². The molecule has 6 heteroatoms. The fourth-order valence-electron chi connectivity index (χ4n) is 4.48. The van der Waals surface area contributed by atoms with Crippen LogP contribution >= 0.6 is 0 Å². The molecule has 1 aliphatic rings. The summed E-state index contributed by atoms with van der Waals surface area (Å²) in [6, 6.07) is 20.7. The fourth-order valence-corrected chi connectivity index (χ4v) is 9.12. The van der Waals surface area contributed by atoms with E-state index >= 15 is 0 Å². The minimum absolute atomic E-state index is 0.0515. The van der Waals surface area contributed by atoms with Crippen LogP contribution in [0.25, 0.3) is 0 Å². The van der Waals surface area contributed by atoms with Crippen molar-refractivity contribution in [3.8, 4) is 0 Å². The van der Waals surface area contributed by atoms with Crippen LogP contribution < -0.4 is 21.4 Å². The Morgan fingerprint density at radius 1 is 1.07 bits per heavy atom. The lowest BCUT2D eigenvalue weighted by molar-refractivity contribution is 0.0185. The van der Waals surface area contributed by atoms with E-state index < -0.39 is 20.3 Å². The predicted octanol–water partition coefficient (Wildman–Crippen LogP) is 3.14. The Morgan fingerprint density at radius 3 is 2.03 bits per heavy atom. The van der Waals surface area contributed by atoms with Crippen molar-refractivity contribution in [2.45, 2.75) is 44.2 Å². The summed E-state index contributed by atoms with van der Waals surface area (Å²) in [6.45, 7) is 7.83. The van der Waals surface area contributed by atoms with Crippen molar-refractivity contribution in [1.82, 2.24) is 5.32 Å². The highest BCUT2D eigenvalue weighted by Crippen LogP contribution is 2.37. The number of rotatable bonds is 6. The van der Waals surface area contributed by atoms with Gasteiger partial charge in [0.2, 0.25) is 0 Å². The van der Waals surface area contributed by atoms with E-state index in [1.165, 1.54) is 10.4 Å². The van der Waals surface area contributed by atoms with E-state index in [4.69, 9.17) is 10.2 Å². The Bertz CT molecular complexity index is 743. The Kier molecular flexibility index (Phi) is 6.58. The van der Waals surface area contributed by atoms with E-state index in [0.29, 0.717) is 13.2 Å². The molecule has 2 aromatic rings. The van der Waals surface area contributed by atoms with Crippen molar-refractivity contribution in [1.29, 1.82) is 0 Å². The van der Waals surface area contributed by atoms with Gasteiger partial charge in [-0.2, -0.15) is 0 Å². The molecule has 29 heavy (non-hydrogen) atoms. The van der Waals surface area contributed by atoms with Crippen LogP contribution in [0, 0.1) is 5.92 Å². The highest BCUT2D eigenvalue weighted by atomic mass is 28.4. The molecule has 0 radical (unpaired) electrons. The molecule has 2 unspecified atom stereocenters. The third-order valence-corrected chi connectivity index (χ3v) is 10.9. The van der Waals surface area contributed by atoms with Crippen LogP contribution in [0.3, 0.4) is 0 Å². The number of benzene rings is 2. The minimum atomic E-state index is -2.66. The third kappa shape index (κ3) is 4.45. The molecule has 1 heterocycles. The normalized spacial score (nSPS) is 23.3. The van der Waals surface area contributed by atoms with Gasteiger partial charge in [0.1, 0.15) is 0 Å². The topological polar surface area (TPSA) is 47.3 Å². The van der Waals surface area contributed by atoms with Gasteiger partial charge < -0.3 is 15.5 Å². The average Bonchev–Trinajstić information content (AvgIpc) is 2.69. The predicted molar refractivity (Wildman–Crippen MR) is 117 cm³/mol. The second-order valence-corrected chi connectivity index (χ2v) is 13.5. The van der Waals surface area contributed by atoms with Crippen LogP contribution in [0.4, 0.5) is 8.78 Å². The maximum atomic E-state index is 13.5. The molecule has 2 aromatic carbocycles. The summed E-state index contributed by atoms with van der Waals surface area (Å²) < 4.78 is 33.8. The van der Waals surface area contributed by atoms with Crippen LogP contribution in [0.1, 0.15) is 27.2 Å². The second-order valence-electron chi connectivity index (χ2n) is 9.21. The summed E-state index contributed by atoms with van der Waals surface area (Å²) in [4.78, 5) is 0. The smallest absolute Gasteiger partial charge is 0.261 e. The van der Waals surface area contributed by atoms with Gasteiger partial charge in [0.15, 0.2) is 0 Å². The first-order chi connectivity index (χ1) is 13.7. The van der Waals surface area contributed by atoms with Gasteiger partial charge in [-0.25, -0.2) is 8.78 Å². The van der Waals surface area contributed by atoms with Crippen LogP contribution in [-0.4, -0.2) is 40.0 Å². The molecule has 0 aromatic heterocycles. The van der Waals surface area contributed by atoms with Crippen LogP contribution in [0.2, 0.25) is 5.04 Å². The van der Waals surface area contributed by atoms with E-state index in [2.05, 4.69) is 50.4 Å². The van der Waals surface area contributed by atoms with Crippen molar-refractivity contribution in [2.75, 3.05) is 19.7 Å². The lowest BCUT2D eigenvalue weighted by atomic mass is 9.85. The van der Waals surface area contributed by atoms with Crippen molar-refractivity contribution in [2.24, 2.45) is 11.7 Å². The van der Waals surface area contributed by atoms with E-state index in [1.807, 2.05) is 36.4 Å². The quantitative estimate of drug-likeness (QED) is 0.709. The van der Waals surface area contributed by atoms with Gasteiger partial charge in [-0.15, -0.1) is 0 Å². The van der Waals surface area contributed by atoms with E-state index in [1.54, 1.807) is 0 Å². The molecule has 0 amide bonds. The molecule has 1 aliphatic heterocycles. The van der Waals surface area contributed by atoms with Gasteiger partial charge in [-0.3, -0.25) is 0 Å². The van der Waals surface area contributed by atoms with Gasteiger partial charge in [0.05, 0.1) is 5.54 Å². The minimum Gasteiger partial charge on any atom is -0.407 e. The Balaban J connectivity index is 1.96. The van der Waals surface area contributed by atoms with Gasteiger partial charge in [0.25, 0.3) is 14.7 Å². The van der Waals surface area contributed by atoms with Crippen molar-refractivity contribution in [3.05, 3.63) is 60.7 Å². The third-order valence-electron chi connectivity index (χ3n) is 5.94. The fraction of sp³-hybridized carbons (Fsp3) is 0.478. The molecule has 0 bridgehead atoms. The number of nitrogens with one attached hydrogen (secondary N) is 1. The molecule has 0 aliphatic carbocycles. The number of alkyl halides is 2. The molecule has 3 nitrogen and oxygen atoms in total. The highest BCUT2D eigenvalue weighted by molar-refractivity contribution is 6.99. The lowest BCUT2D eigenvalue weighted by Crippen LogP contribution is -2.67. The first kappa shape index (κ1) is 22.1. The molecule has 0 spiro atoms. The van der Waals surface area contributed by atoms with Crippen molar-refractivity contribution in [3.63, 3.8) is 0 Å². The summed E-state index contributed by atoms with van der Waals surface area (Å²) in [6.07, 6.45) is -2.29. The van der Waals surface area contributed by atoms with Crippen molar-refractivity contribution < 1.29 is 13.2 Å². The van der Waals surface area contributed by atoms with Crippen LogP contribution in [0.15, 0.2) is 60.7 Å². The average molecular weight is 419 g/mol. The Morgan fingerprint density at radius 2 is 1.59 bits per heavy atom. The largest absolute Gasteiger partial charge is 0.407 e. The lowest BCUT2D eigenvalue weighted by Gasteiger charge is -2.45. The molecule has 1 saturated heterocycles. The number of hydrogen-bond acceptors (Lipinski definition) is 3. The summed E-state index contributed by atoms with van der Waals surface area (Å²) in [7, 11) is -2.66. The van der Waals surface area contributed by atoms with Gasteiger partial charge >= 0.3 is 0 Å². The zero-order valence-corrected chi connectivity index (χ0v) is 18.5. The van der Waals surface area contributed by atoms with Crippen LogP contribution in [0.5, 0.6) is 0 Å². The van der Waals surface area contributed by atoms with Gasteiger partial charge in [-0.1, -0.05) is 81.4 Å². The number of hydrogen-bond donors (Lipinski definition) is 2. The first-order valence-corrected chi connectivity index (χ1v) is 12.1. The first-order valence-electron chi connectivity index (χ1n) is 10.2. The van der Waals surface area contributed by atoms with Crippen molar-refractivity contribution >= 4 is 18.7 Å². The maximum Gasteiger partial charge on any atom is 0.261 e. The van der Waals surface area contributed by atoms with Gasteiger partial charge in [0, 0.05) is 19.7 Å². The Labute approximate surface area is 173 Å². The highest BCUT2D eigenvalue weighted by Gasteiger charge is 2.51. The molecule has 158 valence electrons. The monoisotopic (exact) mass is 418 g/mol. The number of halogens is 2. The molecule has 0 saturated carbocycles. The molecule has 3 N–H and O–H groups in total. The molecular weight excluding hydrogens is 386 g/mol. The van der Waals surface area contributed by atoms with Gasteiger partial charge in [-0.05, 0) is 27.8 Å². The summed E-state index contributed by atoms with van der Waals surface area (Å²) >= 11 is 0. The molecular formula is C23H32F2N2OSi. The second kappa shape index (κ2) is 8.64. The summed E-state index contributed by atoms with van der Waals surface area (Å²) in [5, 5.41) is 5.33. The Hall–Kier alpha value is -1.60. The number of piperidine rings is 1. The maximum absolute atomic E-state index is 13.5. The summed E-state index contributed by atoms with van der Waals surface area (Å²) in [5.41, 5.74) is 4.49. The van der Waals surface area contributed by atoms with E-state index in [9.17, 15) is 8.78 Å².